The Hall–Kier alpha value is -3.02. The average Bonchev–Trinajstić information content (AvgIpc) is 3.03. The molecule has 3 aromatic rings. The fourth-order valence-electron chi connectivity index (χ4n) is 2.04. The van der Waals surface area contributed by atoms with E-state index in [0.717, 1.165) is 16.9 Å². The molecule has 0 fully saturated rings. The van der Waals surface area contributed by atoms with E-state index in [-0.39, 0.29) is 5.91 Å². The Morgan fingerprint density at radius 2 is 2.05 bits per heavy atom. The molecule has 6 heteroatoms. The Bertz CT molecular complexity index is 765. The molecule has 1 amide bonds. The molecule has 0 radical (unpaired) electrons. The number of anilines is 1. The van der Waals surface area contributed by atoms with Gasteiger partial charge >= 0.3 is 0 Å². The first kappa shape index (κ1) is 13.9. The molecule has 0 aliphatic carbocycles. The van der Waals surface area contributed by atoms with Crippen LogP contribution < -0.4 is 5.32 Å². The molecule has 0 unspecified atom stereocenters. The normalized spacial score (nSPS) is 10.4. The molecule has 0 saturated heterocycles. The Balaban J connectivity index is 1.80. The van der Waals surface area contributed by atoms with Crippen LogP contribution in [0.25, 0.3) is 0 Å². The molecule has 22 heavy (non-hydrogen) atoms. The van der Waals surface area contributed by atoms with Crippen molar-refractivity contribution in [3.05, 3.63) is 72.1 Å². The highest BCUT2D eigenvalue weighted by molar-refractivity contribution is 6.03. The van der Waals surface area contributed by atoms with Gasteiger partial charge in [-0.15, -0.1) is 0 Å². The van der Waals surface area contributed by atoms with Crippen LogP contribution in [0.1, 0.15) is 21.7 Å². The van der Waals surface area contributed by atoms with Crippen molar-refractivity contribution < 1.29 is 4.79 Å². The average molecular weight is 293 g/mol. The van der Waals surface area contributed by atoms with Crippen LogP contribution in [-0.2, 0) is 6.54 Å². The monoisotopic (exact) mass is 293 g/mol. The first-order valence-corrected chi connectivity index (χ1v) is 6.88. The van der Waals surface area contributed by atoms with Crippen LogP contribution in [0.3, 0.4) is 0 Å². The summed E-state index contributed by atoms with van der Waals surface area (Å²) < 4.78 is 1.80. The molecule has 1 aromatic carbocycles. The van der Waals surface area contributed by atoms with Crippen LogP contribution >= 0.6 is 0 Å². The summed E-state index contributed by atoms with van der Waals surface area (Å²) in [7, 11) is 0. The molecular formula is C16H15N5O. The highest BCUT2D eigenvalue weighted by Crippen LogP contribution is 2.17. The van der Waals surface area contributed by atoms with E-state index in [0.29, 0.717) is 12.2 Å². The second-order valence-electron chi connectivity index (χ2n) is 4.86. The quantitative estimate of drug-likeness (QED) is 0.801. The minimum atomic E-state index is -0.277. The zero-order valence-electron chi connectivity index (χ0n) is 12.1. The zero-order valence-corrected chi connectivity index (χ0v) is 12.1. The van der Waals surface area contributed by atoms with Crippen molar-refractivity contribution in [3.8, 4) is 0 Å². The van der Waals surface area contributed by atoms with Gasteiger partial charge in [0, 0.05) is 24.3 Å². The Labute approximate surface area is 127 Å². The lowest BCUT2D eigenvalue weighted by atomic mass is 10.1. The molecule has 0 bridgehead atoms. The van der Waals surface area contributed by atoms with E-state index in [1.807, 2.05) is 43.5 Å². The van der Waals surface area contributed by atoms with Gasteiger partial charge < -0.3 is 5.32 Å². The third-order valence-electron chi connectivity index (χ3n) is 3.17. The van der Waals surface area contributed by atoms with Crippen LogP contribution in [0.15, 0.2) is 55.1 Å². The van der Waals surface area contributed by atoms with Gasteiger partial charge in [0.2, 0.25) is 0 Å². The third kappa shape index (κ3) is 3.17. The number of carbonyl (C=O) groups excluding carboxylic acids is 1. The lowest BCUT2D eigenvalue weighted by Gasteiger charge is -2.11. The van der Waals surface area contributed by atoms with Crippen LogP contribution in [-0.4, -0.2) is 25.7 Å². The van der Waals surface area contributed by atoms with Crippen molar-refractivity contribution in [1.29, 1.82) is 0 Å². The summed E-state index contributed by atoms with van der Waals surface area (Å²) in [6, 6.07) is 9.49. The fraction of sp³-hybridized carbons (Fsp3) is 0.125. The highest BCUT2D eigenvalue weighted by Gasteiger charge is 2.10. The van der Waals surface area contributed by atoms with Gasteiger partial charge in [-0.2, -0.15) is 5.10 Å². The number of aryl methyl sites for hydroxylation is 1. The van der Waals surface area contributed by atoms with Crippen LogP contribution in [0.5, 0.6) is 0 Å². The second-order valence-corrected chi connectivity index (χ2v) is 4.86. The molecule has 0 saturated carbocycles. The first-order chi connectivity index (χ1) is 10.7. The maximum Gasteiger partial charge on any atom is 0.275 e. The topological polar surface area (TPSA) is 72.7 Å². The van der Waals surface area contributed by atoms with E-state index in [9.17, 15) is 4.79 Å². The molecule has 0 spiro atoms. The van der Waals surface area contributed by atoms with Gasteiger partial charge in [0.25, 0.3) is 5.91 Å². The smallest absolute Gasteiger partial charge is 0.275 e. The summed E-state index contributed by atoms with van der Waals surface area (Å²) in [6.07, 6.45) is 6.65. The van der Waals surface area contributed by atoms with E-state index in [1.165, 1.54) is 6.20 Å². The maximum absolute atomic E-state index is 12.2. The van der Waals surface area contributed by atoms with Gasteiger partial charge in [0.1, 0.15) is 5.69 Å². The second kappa shape index (κ2) is 6.17. The number of aromatic nitrogens is 4. The number of rotatable bonds is 4. The van der Waals surface area contributed by atoms with Crippen LogP contribution in [0.2, 0.25) is 0 Å². The molecule has 0 aliphatic rings. The zero-order chi connectivity index (χ0) is 15.4. The minimum Gasteiger partial charge on any atom is -0.320 e. The van der Waals surface area contributed by atoms with Crippen molar-refractivity contribution in [2.45, 2.75) is 13.5 Å². The lowest BCUT2D eigenvalue weighted by Crippen LogP contribution is -2.16. The third-order valence-corrected chi connectivity index (χ3v) is 3.17. The number of nitrogens with one attached hydrogen (secondary N) is 1. The van der Waals surface area contributed by atoms with Crippen LogP contribution in [0.4, 0.5) is 5.69 Å². The summed E-state index contributed by atoms with van der Waals surface area (Å²) in [5.41, 5.74) is 2.78. The van der Waals surface area contributed by atoms with Crippen molar-refractivity contribution >= 4 is 11.6 Å². The fourth-order valence-corrected chi connectivity index (χ4v) is 2.04. The summed E-state index contributed by atoms with van der Waals surface area (Å²) in [5.74, 6) is -0.277. The molecular weight excluding hydrogens is 278 g/mol. The molecule has 2 aromatic heterocycles. The van der Waals surface area contributed by atoms with E-state index in [4.69, 9.17) is 0 Å². The van der Waals surface area contributed by atoms with Gasteiger partial charge in [-0.1, -0.05) is 18.2 Å². The van der Waals surface area contributed by atoms with E-state index in [1.54, 1.807) is 17.1 Å². The Kier molecular flexibility index (Phi) is 3.91. The number of benzene rings is 1. The minimum absolute atomic E-state index is 0.277. The lowest BCUT2D eigenvalue weighted by molar-refractivity contribution is 0.102. The summed E-state index contributed by atoms with van der Waals surface area (Å²) in [4.78, 5) is 20.4. The molecule has 110 valence electrons. The summed E-state index contributed by atoms with van der Waals surface area (Å²) >= 11 is 0. The van der Waals surface area contributed by atoms with Crippen molar-refractivity contribution in [3.63, 3.8) is 0 Å². The maximum atomic E-state index is 12.2. The number of hydrogen-bond donors (Lipinski definition) is 1. The largest absolute Gasteiger partial charge is 0.320 e. The molecule has 0 aliphatic heterocycles. The van der Waals surface area contributed by atoms with Gasteiger partial charge in [0.05, 0.1) is 18.4 Å². The van der Waals surface area contributed by atoms with Crippen molar-refractivity contribution in [1.82, 2.24) is 19.7 Å². The molecule has 2 heterocycles. The molecule has 1 N–H and O–H groups in total. The van der Waals surface area contributed by atoms with E-state index in [2.05, 4.69) is 20.4 Å². The number of para-hydroxylation sites is 1. The summed E-state index contributed by atoms with van der Waals surface area (Å²) in [6.45, 7) is 2.41. The van der Waals surface area contributed by atoms with Crippen LogP contribution in [0, 0.1) is 6.92 Å². The molecule has 6 nitrogen and oxygen atoms in total. The SMILES string of the molecule is Cc1cnc(C(=O)Nc2ccccc2Cn2cccn2)cn1. The summed E-state index contributed by atoms with van der Waals surface area (Å²) in [5, 5.41) is 7.06. The van der Waals surface area contributed by atoms with E-state index < -0.39 is 0 Å². The highest BCUT2D eigenvalue weighted by atomic mass is 16.1. The van der Waals surface area contributed by atoms with Gasteiger partial charge in [-0.25, -0.2) is 4.98 Å². The predicted molar refractivity (Wildman–Crippen MR) is 82.5 cm³/mol. The number of amides is 1. The van der Waals surface area contributed by atoms with Crippen molar-refractivity contribution in [2.75, 3.05) is 5.32 Å². The number of carbonyl (C=O) groups is 1. The standard InChI is InChI=1S/C16H15N5O/c1-12-9-18-15(10-17-12)16(22)20-14-6-3-2-5-13(14)11-21-8-4-7-19-21/h2-10H,11H2,1H3,(H,20,22). The Morgan fingerprint density at radius 3 is 2.77 bits per heavy atom. The van der Waals surface area contributed by atoms with Crippen molar-refractivity contribution in [2.24, 2.45) is 0 Å². The van der Waals surface area contributed by atoms with Gasteiger partial charge in [-0.3, -0.25) is 14.5 Å². The van der Waals surface area contributed by atoms with Gasteiger partial charge in [0.15, 0.2) is 0 Å². The molecule has 3 rings (SSSR count). The predicted octanol–water partition coefficient (Wildman–Crippen LogP) is 2.28. The van der Waals surface area contributed by atoms with E-state index >= 15 is 0 Å². The molecule has 0 atom stereocenters. The number of nitrogens with zero attached hydrogens (tertiary/aromatic N) is 4. The first-order valence-electron chi connectivity index (χ1n) is 6.88. The number of hydrogen-bond acceptors (Lipinski definition) is 4. The van der Waals surface area contributed by atoms with Gasteiger partial charge in [-0.05, 0) is 24.6 Å². The Morgan fingerprint density at radius 1 is 1.18 bits per heavy atom.